The number of anilines is 1. The third-order valence-electron chi connectivity index (χ3n) is 6.15. The zero-order chi connectivity index (χ0) is 21.4. The third-order valence-corrected chi connectivity index (χ3v) is 6.15. The Labute approximate surface area is 180 Å². The molecule has 0 spiro atoms. The first-order valence-corrected chi connectivity index (χ1v) is 10.7. The van der Waals surface area contributed by atoms with Crippen LogP contribution in [-0.2, 0) is 7.05 Å². The molecule has 1 aliphatic rings. The summed E-state index contributed by atoms with van der Waals surface area (Å²) in [5.41, 5.74) is 4.04. The maximum absolute atomic E-state index is 13.0. The van der Waals surface area contributed by atoms with Crippen molar-refractivity contribution in [2.45, 2.75) is 18.9 Å². The fourth-order valence-electron chi connectivity index (χ4n) is 4.35. The van der Waals surface area contributed by atoms with Crippen LogP contribution >= 0.6 is 0 Å². The molecule has 7 nitrogen and oxygen atoms in total. The molecule has 158 valence electrons. The molecule has 2 aromatic carbocycles. The van der Waals surface area contributed by atoms with Gasteiger partial charge < -0.3 is 15.2 Å². The van der Waals surface area contributed by atoms with Crippen LogP contribution in [0.1, 0.15) is 12.8 Å². The summed E-state index contributed by atoms with van der Waals surface area (Å²) in [4.78, 5) is 23.1. The minimum atomic E-state index is -0.176. The topological polar surface area (TPSA) is 78.8 Å². The first-order valence-electron chi connectivity index (χ1n) is 10.7. The summed E-state index contributed by atoms with van der Waals surface area (Å²) in [5.74, 6) is 0.556. The van der Waals surface area contributed by atoms with E-state index in [9.17, 15) is 4.79 Å². The predicted molar refractivity (Wildman–Crippen MR) is 124 cm³/mol. The first-order chi connectivity index (χ1) is 15.1. The molecule has 0 radical (unpaired) electrons. The van der Waals surface area contributed by atoms with Crippen molar-refractivity contribution in [2.75, 3.05) is 25.0 Å². The minimum absolute atomic E-state index is 0.176. The van der Waals surface area contributed by atoms with Gasteiger partial charge in [-0.25, -0.2) is 9.67 Å². The molecule has 3 heterocycles. The van der Waals surface area contributed by atoms with Crippen LogP contribution in [0.2, 0.25) is 0 Å². The molecular formula is C24H26N6O. The van der Waals surface area contributed by atoms with Crippen molar-refractivity contribution in [3.8, 4) is 22.6 Å². The zero-order valence-corrected chi connectivity index (χ0v) is 17.8. The number of hydrogen-bond acceptors (Lipinski definition) is 5. The highest BCUT2D eigenvalue weighted by atomic mass is 16.1. The Morgan fingerprint density at radius 2 is 1.71 bits per heavy atom. The van der Waals surface area contributed by atoms with Crippen LogP contribution in [0.3, 0.4) is 0 Å². The number of nitrogens with one attached hydrogen (secondary N) is 2. The van der Waals surface area contributed by atoms with Gasteiger partial charge in [0.2, 0.25) is 0 Å². The molecule has 5 rings (SSSR count). The maximum atomic E-state index is 13.0. The lowest BCUT2D eigenvalue weighted by Crippen LogP contribution is -2.41. The summed E-state index contributed by atoms with van der Waals surface area (Å²) in [6.07, 6.45) is 2.29. The van der Waals surface area contributed by atoms with Gasteiger partial charge in [-0.3, -0.25) is 4.79 Å². The Bertz CT molecular complexity index is 1250. The molecule has 0 atom stereocenters. The number of piperidine rings is 1. The summed E-state index contributed by atoms with van der Waals surface area (Å²) >= 11 is 0. The quantitative estimate of drug-likeness (QED) is 0.536. The highest BCUT2D eigenvalue weighted by Gasteiger charge is 2.19. The van der Waals surface area contributed by atoms with Gasteiger partial charge in [0.05, 0.1) is 0 Å². The molecule has 4 aromatic rings. The number of aromatic amines is 1. The van der Waals surface area contributed by atoms with Crippen molar-refractivity contribution in [2.24, 2.45) is 7.05 Å². The van der Waals surface area contributed by atoms with E-state index in [1.807, 2.05) is 56.6 Å². The summed E-state index contributed by atoms with van der Waals surface area (Å²) in [7, 11) is 3.85. The Kier molecular flexibility index (Phi) is 5.03. The second kappa shape index (κ2) is 8.00. The molecule has 2 N–H and O–H groups in total. The van der Waals surface area contributed by atoms with Crippen molar-refractivity contribution >= 4 is 16.7 Å². The Balaban J connectivity index is 1.47. The van der Waals surface area contributed by atoms with E-state index in [0.717, 1.165) is 37.1 Å². The number of rotatable bonds is 4. The van der Waals surface area contributed by atoms with Crippen molar-refractivity contribution in [3.05, 3.63) is 65.0 Å². The van der Waals surface area contributed by atoms with E-state index in [1.54, 1.807) is 4.68 Å². The number of nitrogens with zero attached hydrogens (tertiary/aromatic N) is 4. The number of fused-ring (bicyclic) bond motifs is 1. The van der Waals surface area contributed by atoms with Gasteiger partial charge in [0, 0.05) is 43.0 Å². The summed E-state index contributed by atoms with van der Waals surface area (Å²) in [6, 6.07) is 18.6. The smallest absolute Gasteiger partial charge is 0.262 e. The van der Waals surface area contributed by atoms with Crippen LogP contribution < -0.4 is 15.8 Å². The van der Waals surface area contributed by atoms with Crippen LogP contribution in [0.25, 0.3) is 33.7 Å². The average Bonchev–Trinajstić information content (AvgIpc) is 3.17. The largest absolute Gasteiger partial charge is 0.371 e. The molecule has 0 bridgehead atoms. The van der Waals surface area contributed by atoms with Crippen LogP contribution in [0.15, 0.2) is 59.4 Å². The van der Waals surface area contributed by atoms with Gasteiger partial charge in [0.15, 0.2) is 5.65 Å². The monoisotopic (exact) mass is 414 g/mol. The Morgan fingerprint density at radius 1 is 1.00 bits per heavy atom. The van der Waals surface area contributed by atoms with E-state index in [4.69, 9.17) is 4.98 Å². The van der Waals surface area contributed by atoms with Crippen molar-refractivity contribution in [1.29, 1.82) is 0 Å². The highest BCUT2D eigenvalue weighted by molar-refractivity contribution is 5.91. The van der Waals surface area contributed by atoms with E-state index in [1.165, 1.54) is 5.69 Å². The third kappa shape index (κ3) is 3.61. The Morgan fingerprint density at radius 3 is 2.39 bits per heavy atom. The van der Waals surface area contributed by atoms with Crippen LogP contribution in [-0.4, -0.2) is 45.9 Å². The number of aromatic nitrogens is 4. The van der Waals surface area contributed by atoms with Gasteiger partial charge in [0.25, 0.3) is 5.56 Å². The van der Waals surface area contributed by atoms with Crippen molar-refractivity contribution in [1.82, 2.24) is 25.1 Å². The van der Waals surface area contributed by atoms with Crippen LogP contribution in [0, 0.1) is 0 Å². The van der Waals surface area contributed by atoms with Crippen molar-refractivity contribution < 1.29 is 0 Å². The molecule has 31 heavy (non-hydrogen) atoms. The van der Waals surface area contributed by atoms with Crippen LogP contribution in [0.5, 0.6) is 0 Å². The standard InChI is InChI=1S/C24H26N6O/c1-25-18-12-14-30(15-13-18)19-10-8-17(9-11-19)22-26-23-20(24(31)27-22)21(28-29(23)2)16-6-4-3-5-7-16/h3-11,18,25H,12-15H2,1-2H3,(H,26,27,31). The lowest BCUT2D eigenvalue weighted by Gasteiger charge is -2.33. The maximum Gasteiger partial charge on any atom is 0.262 e. The number of hydrogen-bond donors (Lipinski definition) is 2. The van der Waals surface area contributed by atoms with E-state index in [-0.39, 0.29) is 5.56 Å². The number of H-pyrrole nitrogens is 1. The number of benzene rings is 2. The summed E-state index contributed by atoms with van der Waals surface area (Å²) in [5, 5.41) is 8.45. The van der Waals surface area contributed by atoms with E-state index in [0.29, 0.717) is 28.6 Å². The Hall–Kier alpha value is -3.45. The summed E-state index contributed by atoms with van der Waals surface area (Å²) < 4.78 is 1.68. The fourth-order valence-corrected chi connectivity index (χ4v) is 4.35. The molecule has 7 heteroatoms. The second-order valence-corrected chi connectivity index (χ2v) is 8.05. The SMILES string of the molecule is CNC1CCN(c2ccc(-c3nc4c(c(-c5ccccc5)nn4C)c(=O)[nH]3)cc2)CC1. The lowest BCUT2D eigenvalue weighted by atomic mass is 10.0. The minimum Gasteiger partial charge on any atom is -0.371 e. The van der Waals surface area contributed by atoms with E-state index in [2.05, 4.69) is 32.4 Å². The van der Waals surface area contributed by atoms with Gasteiger partial charge in [-0.05, 0) is 44.2 Å². The molecule has 1 fully saturated rings. The van der Waals surface area contributed by atoms with Crippen LogP contribution in [0.4, 0.5) is 5.69 Å². The van der Waals surface area contributed by atoms with E-state index >= 15 is 0 Å². The zero-order valence-electron chi connectivity index (χ0n) is 17.8. The highest BCUT2D eigenvalue weighted by Crippen LogP contribution is 2.27. The van der Waals surface area contributed by atoms with Gasteiger partial charge in [-0.2, -0.15) is 5.10 Å². The lowest BCUT2D eigenvalue weighted by molar-refractivity contribution is 0.442. The molecule has 0 amide bonds. The van der Waals surface area contributed by atoms with E-state index < -0.39 is 0 Å². The molecule has 2 aromatic heterocycles. The summed E-state index contributed by atoms with van der Waals surface area (Å²) in [6.45, 7) is 2.09. The fraction of sp³-hybridized carbons (Fsp3) is 0.292. The molecule has 0 saturated carbocycles. The average molecular weight is 415 g/mol. The molecule has 0 aliphatic carbocycles. The second-order valence-electron chi connectivity index (χ2n) is 8.05. The predicted octanol–water partition coefficient (Wildman–Crippen LogP) is 3.18. The number of aryl methyl sites for hydroxylation is 1. The van der Waals surface area contributed by atoms with Gasteiger partial charge in [0.1, 0.15) is 16.9 Å². The molecule has 0 unspecified atom stereocenters. The van der Waals surface area contributed by atoms with Gasteiger partial charge >= 0.3 is 0 Å². The molecule has 1 saturated heterocycles. The van der Waals surface area contributed by atoms with Gasteiger partial charge in [-0.15, -0.1) is 0 Å². The molecular weight excluding hydrogens is 388 g/mol. The normalized spacial score (nSPS) is 15.0. The first kappa shape index (κ1) is 19.5. The van der Waals surface area contributed by atoms with Crippen molar-refractivity contribution in [3.63, 3.8) is 0 Å². The molecule has 1 aliphatic heterocycles. The van der Waals surface area contributed by atoms with Gasteiger partial charge in [-0.1, -0.05) is 30.3 Å².